The van der Waals surface area contributed by atoms with Crippen molar-refractivity contribution < 1.29 is 23.5 Å². The molecule has 0 atom stereocenters. The molecule has 0 radical (unpaired) electrons. The summed E-state index contributed by atoms with van der Waals surface area (Å²) in [6.45, 7) is 7.60. The summed E-state index contributed by atoms with van der Waals surface area (Å²) in [6, 6.07) is 26.8. The number of hydrogen-bond acceptors (Lipinski definition) is 4. The van der Waals surface area contributed by atoms with E-state index in [9.17, 15) is 14.0 Å². The first-order valence-corrected chi connectivity index (χ1v) is 12.7. The molecule has 0 saturated heterocycles. The van der Waals surface area contributed by atoms with Crippen LogP contribution in [0.1, 0.15) is 39.0 Å². The van der Waals surface area contributed by atoms with Crippen molar-refractivity contribution in [3.63, 3.8) is 0 Å². The summed E-state index contributed by atoms with van der Waals surface area (Å²) in [5.74, 6) is -1.30. The fourth-order valence-electron chi connectivity index (χ4n) is 3.98. The summed E-state index contributed by atoms with van der Waals surface area (Å²) in [6.07, 6.45) is 4.88. The highest BCUT2D eigenvalue weighted by Gasteiger charge is 2.15. The number of carbonyl (C=O) groups is 2. The van der Waals surface area contributed by atoms with E-state index in [-0.39, 0.29) is 24.6 Å². The molecule has 39 heavy (non-hydrogen) atoms. The van der Waals surface area contributed by atoms with E-state index in [1.165, 1.54) is 12.1 Å². The highest BCUT2D eigenvalue weighted by molar-refractivity contribution is 5.90. The zero-order valence-corrected chi connectivity index (χ0v) is 21.6. The van der Waals surface area contributed by atoms with E-state index < -0.39 is 11.8 Å². The van der Waals surface area contributed by atoms with Gasteiger partial charge in [-0.15, -0.1) is 0 Å². The third-order valence-electron chi connectivity index (χ3n) is 6.28. The summed E-state index contributed by atoms with van der Waals surface area (Å²) < 4.78 is 25.5. The van der Waals surface area contributed by atoms with Gasteiger partial charge >= 0.3 is 11.9 Å². The monoisotopic (exact) mass is 520 g/mol. The van der Waals surface area contributed by atoms with E-state index in [1.807, 2.05) is 48.5 Å². The molecule has 4 aromatic rings. The van der Waals surface area contributed by atoms with Crippen LogP contribution in [-0.4, -0.2) is 18.5 Å². The third-order valence-corrected chi connectivity index (χ3v) is 6.28. The minimum Gasteiger partial charge on any atom is -0.462 e. The maximum absolute atomic E-state index is 14.8. The van der Waals surface area contributed by atoms with E-state index in [1.54, 1.807) is 42.5 Å². The molecule has 4 aromatic carbocycles. The van der Waals surface area contributed by atoms with Gasteiger partial charge in [0.05, 0.1) is 12.2 Å². The van der Waals surface area contributed by atoms with Crippen LogP contribution in [0, 0.1) is 5.82 Å². The lowest BCUT2D eigenvalue weighted by molar-refractivity contribution is -0.134. The largest absolute Gasteiger partial charge is 0.462 e. The molecule has 196 valence electrons. The van der Waals surface area contributed by atoms with E-state index in [4.69, 9.17) is 9.47 Å². The number of rotatable bonds is 11. The quantitative estimate of drug-likeness (QED) is 0.150. The molecule has 4 nitrogen and oxygen atoms in total. The Morgan fingerprint density at radius 2 is 1.28 bits per heavy atom. The van der Waals surface area contributed by atoms with Gasteiger partial charge in [0.1, 0.15) is 11.6 Å². The lowest BCUT2D eigenvalue weighted by Gasteiger charge is -2.09. The predicted octanol–water partition coefficient (Wildman–Crippen LogP) is 7.72. The van der Waals surface area contributed by atoms with Crippen LogP contribution in [0.4, 0.5) is 4.39 Å². The highest BCUT2D eigenvalue weighted by atomic mass is 19.1. The molecule has 0 unspecified atom stereocenters. The van der Waals surface area contributed by atoms with Gasteiger partial charge in [0, 0.05) is 12.8 Å². The molecular formula is C34H29FO4. The first-order valence-electron chi connectivity index (χ1n) is 12.7. The fourth-order valence-corrected chi connectivity index (χ4v) is 3.98. The zero-order valence-electron chi connectivity index (χ0n) is 21.6. The Bertz CT molecular complexity index is 1450. The summed E-state index contributed by atoms with van der Waals surface area (Å²) in [4.78, 5) is 24.7. The van der Waals surface area contributed by atoms with Gasteiger partial charge in [-0.1, -0.05) is 92.0 Å². The highest BCUT2D eigenvalue weighted by Crippen LogP contribution is 2.25. The first-order chi connectivity index (χ1) is 18.9. The van der Waals surface area contributed by atoms with Crippen molar-refractivity contribution in [3.8, 4) is 16.9 Å². The van der Waals surface area contributed by atoms with Crippen LogP contribution < -0.4 is 4.74 Å². The van der Waals surface area contributed by atoms with E-state index >= 15 is 0 Å². The number of esters is 2. The smallest absolute Gasteiger partial charge is 0.341 e. The molecule has 0 bridgehead atoms. The van der Waals surface area contributed by atoms with Gasteiger partial charge in [0.15, 0.2) is 0 Å². The predicted molar refractivity (Wildman–Crippen MR) is 153 cm³/mol. The number of carbonyl (C=O) groups excluding carboxylic acids is 2. The average Bonchev–Trinajstić information content (AvgIpc) is 2.97. The van der Waals surface area contributed by atoms with Gasteiger partial charge in [-0.25, -0.2) is 9.18 Å². The van der Waals surface area contributed by atoms with Crippen molar-refractivity contribution in [2.45, 2.75) is 19.3 Å². The average molecular weight is 521 g/mol. The van der Waals surface area contributed by atoms with Crippen LogP contribution in [0.5, 0.6) is 5.75 Å². The second-order valence-electron chi connectivity index (χ2n) is 8.97. The summed E-state index contributed by atoms with van der Waals surface area (Å²) >= 11 is 0. The van der Waals surface area contributed by atoms with Crippen molar-refractivity contribution in [1.29, 1.82) is 0 Å². The lowest BCUT2D eigenvalue weighted by Crippen LogP contribution is -2.10. The fraction of sp³-hybridized carbons (Fsp3) is 0.118. The Balaban J connectivity index is 1.28. The first kappa shape index (κ1) is 27.3. The van der Waals surface area contributed by atoms with E-state index in [2.05, 4.69) is 13.2 Å². The van der Waals surface area contributed by atoms with Crippen molar-refractivity contribution in [3.05, 3.63) is 138 Å². The van der Waals surface area contributed by atoms with Gasteiger partial charge in [0.2, 0.25) is 0 Å². The Kier molecular flexibility index (Phi) is 9.20. The Morgan fingerprint density at radius 1 is 0.718 bits per heavy atom. The molecule has 0 spiro atoms. The maximum atomic E-state index is 14.8. The van der Waals surface area contributed by atoms with Crippen LogP contribution in [0.2, 0.25) is 0 Å². The molecule has 0 aliphatic carbocycles. The second-order valence-corrected chi connectivity index (χ2v) is 8.97. The van der Waals surface area contributed by atoms with Gasteiger partial charge < -0.3 is 9.47 Å². The number of ether oxygens (including phenoxy) is 2. The molecule has 0 amide bonds. The van der Waals surface area contributed by atoms with Crippen LogP contribution >= 0.6 is 0 Å². The minimum absolute atomic E-state index is 0.120. The van der Waals surface area contributed by atoms with E-state index in [0.717, 1.165) is 27.8 Å². The number of hydrogen-bond donors (Lipinski definition) is 0. The molecule has 0 aromatic heterocycles. The van der Waals surface area contributed by atoms with Crippen LogP contribution in [0.3, 0.4) is 0 Å². The molecule has 0 aliphatic rings. The van der Waals surface area contributed by atoms with Crippen molar-refractivity contribution in [2.75, 3.05) is 6.61 Å². The minimum atomic E-state index is -0.708. The van der Waals surface area contributed by atoms with Crippen LogP contribution in [0.25, 0.3) is 23.3 Å². The molecular weight excluding hydrogens is 491 g/mol. The van der Waals surface area contributed by atoms with Crippen molar-refractivity contribution >= 4 is 24.1 Å². The molecule has 0 saturated carbocycles. The van der Waals surface area contributed by atoms with Crippen LogP contribution in [-0.2, 0) is 22.4 Å². The number of benzene rings is 4. The normalized spacial score (nSPS) is 10.5. The van der Waals surface area contributed by atoms with Gasteiger partial charge in [-0.05, 0) is 64.1 Å². The molecule has 0 aliphatic heterocycles. The molecule has 0 N–H and O–H groups in total. The van der Waals surface area contributed by atoms with Crippen molar-refractivity contribution in [1.82, 2.24) is 0 Å². The second kappa shape index (κ2) is 13.2. The molecule has 0 fully saturated rings. The standard InChI is InChI=1S/C34H29FO4/c1-3-24-5-9-26(10-6-24)13-20-33(36)39-30-17-14-28(15-18-30)29-16-19-31(32(35)23-29)34(37)38-22-21-27-11-7-25(4-2)8-12-27/h3-12,14-19,23H,1-2,13,20-22H2. The summed E-state index contributed by atoms with van der Waals surface area (Å²) in [7, 11) is 0. The van der Waals surface area contributed by atoms with Crippen LogP contribution in [0.15, 0.2) is 104 Å². The molecule has 0 heterocycles. The number of aryl methyl sites for hydroxylation is 1. The topological polar surface area (TPSA) is 52.6 Å². The summed E-state index contributed by atoms with van der Waals surface area (Å²) in [5, 5.41) is 0. The molecule has 5 heteroatoms. The zero-order chi connectivity index (χ0) is 27.6. The molecule has 4 rings (SSSR count). The maximum Gasteiger partial charge on any atom is 0.341 e. The number of halogens is 1. The lowest BCUT2D eigenvalue weighted by atomic mass is 10.0. The Hall–Kier alpha value is -4.77. The Morgan fingerprint density at radius 3 is 1.85 bits per heavy atom. The third kappa shape index (κ3) is 7.62. The summed E-state index contributed by atoms with van der Waals surface area (Å²) in [5.41, 5.74) is 5.28. The van der Waals surface area contributed by atoms with Gasteiger partial charge in [-0.2, -0.15) is 0 Å². The van der Waals surface area contributed by atoms with Crippen molar-refractivity contribution in [2.24, 2.45) is 0 Å². The Labute approximate surface area is 228 Å². The van der Waals surface area contributed by atoms with Gasteiger partial charge in [-0.3, -0.25) is 4.79 Å². The SMILES string of the molecule is C=Cc1ccc(CCOC(=O)c2ccc(-c3ccc(OC(=O)CCc4ccc(C=C)cc4)cc3)cc2F)cc1. The van der Waals surface area contributed by atoms with E-state index in [0.29, 0.717) is 24.2 Å². The van der Waals surface area contributed by atoms with Gasteiger partial charge in [0.25, 0.3) is 0 Å².